The van der Waals surface area contributed by atoms with Crippen LogP contribution >= 0.6 is 102 Å². The van der Waals surface area contributed by atoms with Crippen LogP contribution in [0.5, 0.6) is 0 Å². The molecule has 0 aliphatic carbocycles. The fourth-order valence-corrected chi connectivity index (χ4v) is 0. The Hall–Kier alpha value is 4.93. The van der Waals surface area contributed by atoms with E-state index in [1.165, 1.54) is 0 Å². The third kappa shape index (κ3) is 223. The molecular weight excluding hydrogens is 588 g/mol. The van der Waals surface area contributed by atoms with Crippen molar-refractivity contribution in [2.45, 2.75) is 0 Å². The molecule has 0 rings (SSSR count). The Kier molecular flexibility index (Phi) is 76.9. The Morgan fingerprint density at radius 1 is 0.600 bits per heavy atom. The van der Waals surface area contributed by atoms with Gasteiger partial charge in [0, 0.05) is 0 Å². The summed E-state index contributed by atoms with van der Waals surface area (Å²) in [5, 5.41) is 27.8. The summed E-state index contributed by atoms with van der Waals surface area (Å²) in [6.45, 7) is 0. The quantitative estimate of drug-likeness (QED) is 0.209. The molecule has 0 aromatic rings. The van der Waals surface area contributed by atoms with Gasteiger partial charge in [0.25, 0.3) is 0 Å². The summed E-state index contributed by atoms with van der Waals surface area (Å²) in [6, 6.07) is 0. The van der Waals surface area contributed by atoms with Gasteiger partial charge in [-0.2, -0.15) is 67.1 Å². The maximum atomic E-state index is 9.28. The first-order valence-electron chi connectivity index (χ1n) is 2.02. The van der Waals surface area contributed by atoms with E-state index in [1.54, 1.807) is 67.1 Å². The van der Waals surface area contributed by atoms with E-state index in [0.29, 0.717) is 0 Å². The van der Waals surface area contributed by atoms with Crippen LogP contribution < -0.4 is 71.7 Å². The molecule has 0 heterocycles. The van der Waals surface area contributed by atoms with Crippen LogP contribution in [0.4, 0.5) is 0 Å². The van der Waals surface area contributed by atoms with Crippen LogP contribution in [0, 0.1) is 0 Å². The van der Waals surface area contributed by atoms with E-state index in [2.05, 4.69) is 0 Å². The van der Waals surface area contributed by atoms with Crippen molar-refractivity contribution in [2.75, 3.05) is 0 Å². The van der Waals surface area contributed by atoms with Gasteiger partial charge in [-0.15, -0.1) is 0 Å². The largest absolute Gasteiger partial charge is 1.00 e. The van der Waals surface area contributed by atoms with Gasteiger partial charge in [-0.25, -0.2) is 34.4 Å². The van der Waals surface area contributed by atoms with Gasteiger partial charge in [-0.1, -0.05) is 0 Å². The normalized spacial score (nSPS) is 5.40. The summed E-state index contributed by atoms with van der Waals surface area (Å²) >= 11 is 18.8. The molecule has 3 nitrogen and oxygen atoms in total. The molecule has 0 saturated heterocycles. The minimum Gasteiger partial charge on any atom is -0.858 e. The molecule has 15 heavy (non-hydrogen) atoms. The number of rotatable bonds is 0. The van der Waals surface area contributed by atoms with Crippen LogP contribution in [0.15, 0.2) is 0 Å². The van der Waals surface area contributed by atoms with Crippen LogP contribution in [0.1, 0.15) is 0 Å². The van der Waals surface area contributed by atoms with Crippen molar-refractivity contribution < 1.29 is 71.7 Å². The smallest absolute Gasteiger partial charge is 0.858 e. The third-order valence-corrected chi connectivity index (χ3v) is 0. The molecule has 0 saturated carbocycles. The van der Waals surface area contributed by atoms with Crippen LogP contribution in [0.25, 0.3) is 0 Å². The van der Waals surface area contributed by atoms with Gasteiger partial charge in [-0.3, -0.25) is 0 Å². The van der Waals surface area contributed by atoms with Crippen LogP contribution in [0.3, 0.4) is 0 Å². The van der Waals surface area contributed by atoms with E-state index in [9.17, 15) is 15.1 Å². The average molecular weight is 588 g/mol. The second-order valence-corrected chi connectivity index (χ2v) is 7.57. The zero-order valence-electron chi connectivity index (χ0n) is 8.22. The predicted molar refractivity (Wildman–Crippen MR) is 76.9 cm³/mol. The van der Waals surface area contributed by atoms with E-state index in [1.807, 2.05) is 0 Å². The molecule has 0 spiro atoms. The standard InChI is InChI=1S/3BClIO.3Li/c3*2-1(3)4;;;/q3*-1;3*+1. The molecule has 0 aliphatic heterocycles. The van der Waals surface area contributed by atoms with Crippen molar-refractivity contribution in [1.82, 2.24) is 0 Å². The Labute approximate surface area is 182 Å². The SMILES string of the molecule is [Li+].[Li+].[Li+].[O-]B(Cl)I.[O-]B(Cl)I.[O-]B(Cl)I. The summed E-state index contributed by atoms with van der Waals surface area (Å²) in [5.41, 5.74) is 0. The average Bonchev–Trinajstić information content (AvgIpc) is 1.54. The van der Waals surface area contributed by atoms with Crippen molar-refractivity contribution in [3.8, 4) is 0 Å². The molecule has 0 bridgehead atoms. The molecule has 0 unspecified atom stereocenters. The van der Waals surface area contributed by atoms with Gasteiger partial charge in [0.15, 0.2) is 0 Å². The Bertz CT molecular complexity index is 63.4. The summed E-state index contributed by atoms with van der Waals surface area (Å²) in [5.74, 6) is 0. The predicted octanol–water partition coefficient (Wildman–Crippen LogP) is -8.97. The Morgan fingerprint density at radius 3 is 0.600 bits per heavy atom. The molecule has 15 heteroatoms. The molecule has 72 valence electrons. The first kappa shape index (κ1) is 36.8. The molecule has 0 radical (unpaired) electrons. The van der Waals surface area contributed by atoms with Crippen LogP contribution in [-0.2, 0) is 0 Å². The second-order valence-electron chi connectivity index (χ2n) is 0.782. The number of hydrogen-bond donors (Lipinski definition) is 0. The minimum atomic E-state index is -0.974. The Balaban J connectivity index is -0.0000000184. The van der Waals surface area contributed by atoms with E-state index in [-0.39, 0.29) is 56.6 Å². The van der Waals surface area contributed by atoms with Crippen molar-refractivity contribution in [3.63, 3.8) is 0 Å². The van der Waals surface area contributed by atoms with Crippen molar-refractivity contribution in [3.05, 3.63) is 0 Å². The zero-order valence-corrected chi connectivity index (χ0v) is 17.0. The molecule has 0 N–H and O–H groups in total. The summed E-state index contributed by atoms with van der Waals surface area (Å²) in [4.78, 5) is 0. The molecule has 0 amide bonds. The third-order valence-electron chi connectivity index (χ3n) is 0. The second kappa shape index (κ2) is 31.4. The van der Waals surface area contributed by atoms with E-state index < -0.39 is 12.6 Å². The zero-order chi connectivity index (χ0) is 10.7. The molecule has 0 aromatic heterocycles. The summed E-state index contributed by atoms with van der Waals surface area (Å²) < 4.78 is -2.92. The van der Waals surface area contributed by atoms with Gasteiger partial charge < -0.3 is 15.1 Å². The molecule has 0 atom stereocenters. The van der Waals surface area contributed by atoms with E-state index >= 15 is 0 Å². The van der Waals surface area contributed by atoms with Crippen LogP contribution in [-0.4, -0.2) is 12.6 Å². The topological polar surface area (TPSA) is 69.2 Å². The first-order chi connectivity index (χ1) is 5.20. The molecule has 0 fully saturated rings. The van der Waals surface area contributed by atoms with E-state index in [4.69, 9.17) is 34.4 Å². The fourth-order valence-electron chi connectivity index (χ4n) is 0. The monoisotopic (exact) mass is 588 g/mol. The number of halogens is 6. The molecule has 0 aliphatic rings. The van der Waals surface area contributed by atoms with Crippen molar-refractivity contribution in [2.24, 2.45) is 0 Å². The minimum absolute atomic E-state index is 0. The fraction of sp³-hybridized carbons (Fsp3) is 0. The van der Waals surface area contributed by atoms with Gasteiger partial charge >= 0.3 is 56.6 Å². The van der Waals surface area contributed by atoms with Crippen molar-refractivity contribution >= 4 is 114 Å². The first-order valence-corrected chi connectivity index (χ1v) is 7.06. The number of hydrogen-bond acceptors (Lipinski definition) is 3. The summed E-state index contributed by atoms with van der Waals surface area (Å²) in [6.07, 6.45) is 0. The molecular formula is B3Cl3I3Li3O3. The summed E-state index contributed by atoms with van der Waals surface area (Å²) in [7, 11) is 0. The van der Waals surface area contributed by atoms with Gasteiger partial charge in [0.1, 0.15) is 0 Å². The van der Waals surface area contributed by atoms with E-state index in [0.717, 1.165) is 0 Å². The maximum absolute atomic E-state index is 9.28. The van der Waals surface area contributed by atoms with Crippen molar-refractivity contribution in [1.29, 1.82) is 0 Å². The van der Waals surface area contributed by atoms with Gasteiger partial charge in [0.2, 0.25) is 12.6 Å². The van der Waals surface area contributed by atoms with Gasteiger partial charge in [-0.05, 0) is 0 Å². The Morgan fingerprint density at radius 2 is 0.600 bits per heavy atom. The molecule has 0 aromatic carbocycles. The van der Waals surface area contributed by atoms with Gasteiger partial charge in [0.05, 0.1) is 0 Å². The maximum Gasteiger partial charge on any atom is 1.00 e. The van der Waals surface area contributed by atoms with Crippen LogP contribution in [0.2, 0.25) is 0 Å².